The number of pyridine rings is 1. The van der Waals surface area contributed by atoms with Crippen LogP contribution in [-0.4, -0.2) is 64.0 Å². The van der Waals surface area contributed by atoms with E-state index in [-0.39, 0.29) is 6.04 Å². The van der Waals surface area contributed by atoms with Crippen LogP contribution in [0.15, 0.2) is 30.6 Å². The number of hydrogen-bond acceptors (Lipinski definition) is 5. The Balaban J connectivity index is 1.58. The summed E-state index contributed by atoms with van der Waals surface area (Å²) in [5.74, 6) is 0.616. The average Bonchev–Trinajstić information content (AvgIpc) is 3.14. The van der Waals surface area contributed by atoms with Crippen molar-refractivity contribution in [1.29, 1.82) is 0 Å². The molecule has 3 rings (SSSR count). The Labute approximate surface area is 148 Å². The van der Waals surface area contributed by atoms with E-state index in [0.717, 1.165) is 30.9 Å². The molecule has 1 fully saturated rings. The third-order valence-electron chi connectivity index (χ3n) is 4.75. The monoisotopic (exact) mass is 347 g/mol. The van der Waals surface area contributed by atoms with Crippen LogP contribution in [0.4, 0.5) is 4.39 Å². The molecule has 0 spiro atoms. The Bertz CT molecular complexity index is 674. The highest BCUT2D eigenvalue weighted by molar-refractivity contribution is 5.17. The molecular weight excluding hydrogens is 321 g/mol. The SMILES string of the molecule is COc1ccc(CN(C)C[C@@H]2C[C@H](F)CN2Cc2ccnn2C)cn1. The molecule has 3 heterocycles. The molecular formula is C18H26FN5O. The molecule has 0 amide bonds. The topological polar surface area (TPSA) is 46.4 Å². The first-order chi connectivity index (χ1) is 12.0. The van der Waals surface area contributed by atoms with Gasteiger partial charge < -0.3 is 9.64 Å². The first-order valence-electron chi connectivity index (χ1n) is 8.57. The van der Waals surface area contributed by atoms with Crippen molar-refractivity contribution in [2.24, 2.45) is 7.05 Å². The third kappa shape index (κ3) is 4.55. The third-order valence-corrected chi connectivity index (χ3v) is 4.75. The lowest BCUT2D eigenvalue weighted by Crippen LogP contribution is -2.38. The number of likely N-dealkylation sites (tertiary alicyclic amines) is 1. The Hall–Kier alpha value is -1.99. The van der Waals surface area contributed by atoms with Crippen LogP contribution in [0.3, 0.4) is 0 Å². The van der Waals surface area contributed by atoms with Crippen molar-refractivity contribution in [1.82, 2.24) is 24.6 Å². The number of methoxy groups -OCH3 is 1. The number of likely N-dealkylation sites (N-methyl/N-ethyl adjacent to an activating group) is 1. The normalized spacial score (nSPS) is 21.2. The highest BCUT2D eigenvalue weighted by Gasteiger charge is 2.33. The lowest BCUT2D eigenvalue weighted by Gasteiger charge is -2.28. The molecule has 0 bridgehead atoms. The fourth-order valence-corrected chi connectivity index (χ4v) is 3.43. The summed E-state index contributed by atoms with van der Waals surface area (Å²) in [6, 6.07) is 6.09. The van der Waals surface area contributed by atoms with Gasteiger partial charge in [-0.15, -0.1) is 0 Å². The minimum Gasteiger partial charge on any atom is -0.481 e. The van der Waals surface area contributed by atoms with Crippen LogP contribution in [0.1, 0.15) is 17.7 Å². The second-order valence-corrected chi connectivity index (χ2v) is 6.77. The average molecular weight is 347 g/mol. The summed E-state index contributed by atoms with van der Waals surface area (Å²) in [5, 5.41) is 4.20. The van der Waals surface area contributed by atoms with Gasteiger partial charge in [0.1, 0.15) is 6.17 Å². The smallest absolute Gasteiger partial charge is 0.212 e. The molecule has 25 heavy (non-hydrogen) atoms. The molecule has 136 valence electrons. The molecule has 0 N–H and O–H groups in total. The molecule has 0 aliphatic carbocycles. The zero-order valence-corrected chi connectivity index (χ0v) is 15.1. The summed E-state index contributed by atoms with van der Waals surface area (Å²) in [4.78, 5) is 8.69. The molecule has 6 nitrogen and oxygen atoms in total. The predicted molar refractivity (Wildman–Crippen MR) is 94.0 cm³/mol. The predicted octanol–water partition coefficient (Wildman–Crippen LogP) is 1.87. The van der Waals surface area contributed by atoms with Gasteiger partial charge in [0.2, 0.25) is 5.88 Å². The second kappa shape index (κ2) is 7.93. The van der Waals surface area contributed by atoms with Gasteiger partial charge in [-0.1, -0.05) is 6.07 Å². The van der Waals surface area contributed by atoms with Crippen molar-refractivity contribution >= 4 is 0 Å². The van der Waals surface area contributed by atoms with Gasteiger partial charge >= 0.3 is 0 Å². The minimum absolute atomic E-state index is 0.209. The first kappa shape index (κ1) is 17.8. The summed E-state index contributed by atoms with van der Waals surface area (Å²) in [6.07, 6.45) is 3.45. The standard InChI is InChI=1S/C18H26FN5O/c1-22(10-14-4-5-18(25-3)20-9-14)12-17-8-15(19)11-24(17)13-16-6-7-21-23(16)2/h4-7,9,15,17H,8,10-13H2,1-3H3/t15-,17-/m0/s1. The molecule has 1 saturated heterocycles. The molecule has 2 aromatic heterocycles. The fourth-order valence-electron chi connectivity index (χ4n) is 3.43. The Morgan fingerprint density at radius 1 is 1.36 bits per heavy atom. The number of halogens is 1. The zero-order valence-electron chi connectivity index (χ0n) is 15.1. The number of ether oxygens (including phenoxy) is 1. The quantitative estimate of drug-likeness (QED) is 0.765. The minimum atomic E-state index is -0.755. The fraction of sp³-hybridized carbons (Fsp3) is 0.556. The van der Waals surface area contributed by atoms with Gasteiger partial charge in [-0.2, -0.15) is 5.10 Å². The molecule has 2 atom stereocenters. The summed E-state index contributed by atoms with van der Waals surface area (Å²) < 4.78 is 21.0. The van der Waals surface area contributed by atoms with Gasteiger partial charge in [0.05, 0.1) is 12.8 Å². The number of alkyl halides is 1. The van der Waals surface area contributed by atoms with Gasteiger partial charge in [-0.05, 0) is 25.1 Å². The van der Waals surface area contributed by atoms with Gasteiger partial charge in [0.25, 0.3) is 0 Å². The molecule has 7 heteroatoms. The van der Waals surface area contributed by atoms with Crippen LogP contribution in [-0.2, 0) is 20.1 Å². The zero-order chi connectivity index (χ0) is 17.8. The lowest BCUT2D eigenvalue weighted by atomic mass is 10.2. The van der Waals surface area contributed by atoms with E-state index in [1.54, 1.807) is 13.3 Å². The number of aryl methyl sites for hydroxylation is 1. The van der Waals surface area contributed by atoms with Crippen LogP contribution in [0, 0.1) is 0 Å². The van der Waals surface area contributed by atoms with Crippen molar-refractivity contribution in [2.45, 2.75) is 31.7 Å². The number of aromatic nitrogens is 3. The van der Waals surface area contributed by atoms with Gasteiger partial charge in [0, 0.05) is 57.7 Å². The van der Waals surface area contributed by atoms with Crippen LogP contribution in [0.2, 0.25) is 0 Å². The maximum atomic E-state index is 14.0. The highest BCUT2D eigenvalue weighted by Crippen LogP contribution is 2.23. The van der Waals surface area contributed by atoms with E-state index >= 15 is 0 Å². The maximum absolute atomic E-state index is 14.0. The molecule has 1 aliphatic heterocycles. The Morgan fingerprint density at radius 3 is 2.84 bits per heavy atom. The van der Waals surface area contributed by atoms with E-state index in [2.05, 4.69) is 26.9 Å². The lowest BCUT2D eigenvalue weighted by molar-refractivity contribution is 0.177. The van der Waals surface area contributed by atoms with E-state index in [1.807, 2.05) is 36.1 Å². The van der Waals surface area contributed by atoms with E-state index in [1.165, 1.54) is 0 Å². The Kier molecular flexibility index (Phi) is 5.65. The molecule has 0 unspecified atom stereocenters. The number of hydrogen-bond donors (Lipinski definition) is 0. The molecule has 0 radical (unpaired) electrons. The van der Waals surface area contributed by atoms with Crippen molar-refractivity contribution < 1.29 is 9.13 Å². The van der Waals surface area contributed by atoms with Crippen molar-refractivity contribution in [3.05, 3.63) is 41.9 Å². The van der Waals surface area contributed by atoms with E-state index in [4.69, 9.17) is 4.74 Å². The number of rotatable bonds is 7. The largest absolute Gasteiger partial charge is 0.481 e. The Morgan fingerprint density at radius 2 is 2.20 bits per heavy atom. The molecule has 1 aliphatic rings. The van der Waals surface area contributed by atoms with E-state index < -0.39 is 6.17 Å². The van der Waals surface area contributed by atoms with Crippen molar-refractivity contribution in [3.8, 4) is 5.88 Å². The van der Waals surface area contributed by atoms with Gasteiger partial charge in [-0.3, -0.25) is 9.58 Å². The van der Waals surface area contributed by atoms with Crippen LogP contribution >= 0.6 is 0 Å². The summed E-state index contributed by atoms with van der Waals surface area (Å²) >= 11 is 0. The summed E-state index contributed by atoms with van der Waals surface area (Å²) in [6.45, 7) is 2.83. The first-order valence-corrected chi connectivity index (χ1v) is 8.57. The van der Waals surface area contributed by atoms with Crippen LogP contribution < -0.4 is 4.74 Å². The van der Waals surface area contributed by atoms with Crippen LogP contribution in [0.25, 0.3) is 0 Å². The second-order valence-electron chi connectivity index (χ2n) is 6.77. The van der Waals surface area contributed by atoms with E-state index in [0.29, 0.717) is 18.8 Å². The summed E-state index contributed by atoms with van der Waals surface area (Å²) in [5.41, 5.74) is 2.23. The maximum Gasteiger partial charge on any atom is 0.212 e. The van der Waals surface area contributed by atoms with Crippen molar-refractivity contribution in [3.63, 3.8) is 0 Å². The van der Waals surface area contributed by atoms with Gasteiger partial charge in [0.15, 0.2) is 0 Å². The number of nitrogens with zero attached hydrogens (tertiary/aromatic N) is 5. The summed E-state index contributed by atoms with van der Waals surface area (Å²) in [7, 11) is 5.60. The van der Waals surface area contributed by atoms with E-state index in [9.17, 15) is 4.39 Å². The molecule has 0 aromatic carbocycles. The van der Waals surface area contributed by atoms with Crippen LogP contribution in [0.5, 0.6) is 5.88 Å². The van der Waals surface area contributed by atoms with Crippen molar-refractivity contribution in [2.75, 3.05) is 27.2 Å². The molecule has 2 aromatic rings. The molecule has 0 saturated carbocycles. The van der Waals surface area contributed by atoms with Gasteiger partial charge in [-0.25, -0.2) is 9.37 Å². The highest BCUT2D eigenvalue weighted by atomic mass is 19.1.